The van der Waals surface area contributed by atoms with E-state index in [1.807, 2.05) is 57.2 Å². The van der Waals surface area contributed by atoms with Crippen molar-refractivity contribution in [1.82, 2.24) is 5.32 Å². The fourth-order valence-corrected chi connectivity index (χ4v) is 3.46. The third-order valence-electron chi connectivity index (χ3n) is 4.92. The summed E-state index contributed by atoms with van der Waals surface area (Å²) in [4.78, 5) is 12.3. The van der Waals surface area contributed by atoms with Crippen molar-refractivity contribution in [2.45, 2.75) is 38.4 Å². The number of methoxy groups -OCH3 is 1. The van der Waals surface area contributed by atoms with Crippen molar-refractivity contribution in [3.05, 3.63) is 58.6 Å². The first-order valence-electron chi connectivity index (χ1n) is 9.24. The summed E-state index contributed by atoms with van der Waals surface area (Å²) in [5.41, 5.74) is 1.03. The smallest absolute Gasteiger partial charge is 0.258 e. The minimum Gasteiger partial charge on any atom is -0.483 e. The minimum absolute atomic E-state index is 0.102. The molecule has 1 aliphatic rings. The van der Waals surface area contributed by atoms with Crippen molar-refractivity contribution in [2.24, 2.45) is 0 Å². The quantitative estimate of drug-likeness (QED) is 0.755. The number of hydrogen-bond acceptors (Lipinski definition) is 4. The first kappa shape index (κ1) is 20.5. The Morgan fingerprint density at radius 1 is 1.29 bits per heavy atom. The molecular formula is C22H26ClNO4. The average molecular weight is 404 g/mol. The highest BCUT2D eigenvalue weighted by Crippen LogP contribution is 2.41. The van der Waals surface area contributed by atoms with Crippen molar-refractivity contribution in [1.29, 1.82) is 0 Å². The number of rotatable bonds is 7. The molecule has 0 aliphatic carbocycles. The lowest BCUT2D eigenvalue weighted by molar-refractivity contribution is -0.124. The molecule has 1 amide bonds. The normalized spacial score (nSPS) is 16.6. The fourth-order valence-electron chi connectivity index (χ4n) is 3.27. The molecule has 2 aromatic rings. The van der Waals surface area contributed by atoms with E-state index in [4.69, 9.17) is 25.8 Å². The van der Waals surface area contributed by atoms with Gasteiger partial charge in [0.1, 0.15) is 11.2 Å². The molecule has 0 bridgehead atoms. The lowest BCUT2D eigenvalue weighted by Gasteiger charge is -2.29. The van der Waals surface area contributed by atoms with Gasteiger partial charge in [-0.1, -0.05) is 35.9 Å². The van der Waals surface area contributed by atoms with Crippen molar-refractivity contribution in [3.8, 4) is 11.5 Å². The maximum absolute atomic E-state index is 12.3. The van der Waals surface area contributed by atoms with Gasteiger partial charge in [0.05, 0.1) is 6.54 Å². The lowest BCUT2D eigenvalue weighted by atomic mass is 9.95. The van der Waals surface area contributed by atoms with Gasteiger partial charge in [-0.15, -0.1) is 0 Å². The van der Waals surface area contributed by atoms with Crippen molar-refractivity contribution in [2.75, 3.05) is 20.3 Å². The van der Waals surface area contributed by atoms with Gasteiger partial charge in [-0.3, -0.25) is 4.79 Å². The summed E-state index contributed by atoms with van der Waals surface area (Å²) < 4.78 is 17.3. The van der Waals surface area contributed by atoms with Crippen LogP contribution in [-0.4, -0.2) is 31.8 Å². The zero-order valence-electron chi connectivity index (χ0n) is 16.7. The molecule has 3 rings (SSSR count). The average Bonchev–Trinajstić information content (AvgIpc) is 2.98. The number of halogens is 1. The molecule has 0 radical (unpaired) electrons. The molecule has 5 nitrogen and oxygen atoms in total. The van der Waals surface area contributed by atoms with E-state index in [1.165, 1.54) is 0 Å². The molecule has 6 heteroatoms. The van der Waals surface area contributed by atoms with Gasteiger partial charge >= 0.3 is 0 Å². The van der Waals surface area contributed by atoms with Crippen LogP contribution in [0.2, 0.25) is 5.02 Å². The first-order chi connectivity index (χ1) is 13.2. The van der Waals surface area contributed by atoms with Gasteiger partial charge in [-0.25, -0.2) is 0 Å². The van der Waals surface area contributed by atoms with Crippen LogP contribution in [0.1, 0.15) is 31.9 Å². The zero-order valence-corrected chi connectivity index (χ0v) is 17.4. The molecule has 150 valence electrons. The molecule has 2 aromatic carbocycles. The van der Waals surface area contributed by atoms with Crippen LogP contribution >= 0.6 is 11.6 Å². The maximum atomic E-state index is 12.3. The maximum Gasteiger partial charge on any atom is 0.258 e. The largest absolute Gasteiger partial charge is 0.483 e. The lowest BCUT2D eigenvalue weighted by Crippen LogP contribution is -2.41. The van der Waals surface area contributed by atoms with Gasteiger partial charge in [0.2, 0.25) is 0 Å². The van der Waals surface area contributed by atoms with Crippen LogP contribution in [0, 0.1) is 0 Å². The highest BCUT2D eigenvalue weighted by Gasteiger charge is 2.32. The Morgan fingerprint density at radius 3 is 2.75 bits per heavy atom. The van der Waals surface area contributed by atoms with Gasteiger partial charge in [0.15, 0.2) is 18.1 Å². The molecular weight excluding hydrogens is 378 g/mol. The summed E-state index contributed by atoms with van der Waals surface area (Å²) in [5.74, 6) is 1.07. The fraction of sp³-hybridized carbons (Fsp3) is 0.409. The molecule has 0 saturated carbocycles. The molecule has 1 atom stereocenters. The van der Waals surface area contributed by atoms with Crippen LogP contribution in [0.25, 0.3) is 0 Å². The van der Waals surface area contributed by atoms with E-state index in [-0.39, 0.29) is 18.1 Å². The zero-order chi connectivity index (χ0) is 20.4. The Labute approximate surface area is 170 Å². The van der Waals surface area contributed by atoms with Crippen LogP contribution in [0.4, 0.5) is 0 Å². The predicted molar refractivity (Wildman–Crippen MR) is 109 cm³/mol. The van der Waals surface area contributed by atoms with Crippen LogP contribution in [0.5, 0.6) is 11.5 Å². The van der Waals surface area contributed by atoms with E-state index in [1.54, 1.807) is 13.2 Å². The predicted octanol–water partition coefficient (Wildman–Crippen LogP) is 4.11. The molecule has 1 heterocycles. The number of nitrogens with one attached hydrogen (secondary N) is 1. The molecule has 0 saturated heterocycles. The number of fused-ring (bicyclic) bond motifs is 1. The van der Waals surface area contributed by atoms with Crippen molar-refractivity contribution >= 4 is 17.5 Å². The molecule has 0 spiro atoms. The van der Waals surface area contributed by atoms with E-state index in [0.717, 1.165) is 23.3 Å². The molecule has 0 fully saturated rings. The Bertz CT molecular complexity index is 867. The number of hydrogen-bond donors (Lipinski definition) is 1. The highest BCUT2D eigenvalue weighted by molar-refractivity contribution is 6.30. The Kier molecular flexibility index (Phi) is 5.87. The standard InChI is InChI=1S/C22H26ClNO4/c1-21(2)12-15-7-5-10-18(20(15)28-21)27-13-19(25)24-14-22(3,26-4)16-8-6-9-17(23)11-16/h5-11H,12-14H2,1-4H3,(H,24,25). The van der Waals surface area contributed by atoms with E-state index >= 15 is 0 Å². The Hall–Kier alpha value is -2.24. The number of amides is 1. The number of benzene rings is 2. The summed E-state index contributed by atoms with van der Waals surface area (Å²) >= 11 is 6.08. The topological polar surface area (TPSA) is 56.8 Å². The third kappa shape index (κ3) is 4.59. The Balaban J connectivity index is 1.59. The second-order valence-corrected chi connectivity index (χ2v) is 8.23. The van der Waals surface area contributed by atoms with Crippen LogP contribution in [-0.2, 0) is 21.6 Å². The van der Waals surface area contributed by atoms with Gasteiger partial charge < -0.3 is 19.5 Å². The number of ether oxygens (including phenoxy) is 3. The van der Waals surface area contributed by atoms with E-state index in [0.29, 0.717) is 17.3 Å². The monoisotopic (exact) mass is 403 g/mol. The number of carbonyl (C=O) groups excluding carboxylic acids is 1. The van der Waals surface area contributed by atoms with Gasteiger partial charge in [-0.2, -0.15) is 0 Å². The van der Waals surface area contributed by atoms with Crippen molar-refractivity contribution < 1.29 is 19.0 Å². The van der Waals surface area contributed by atoms with Crippen LogP contribution < -0.4 is 14.8 Å². The van der Waals surface area contributed by atoms with E-state index in [9.17, 15) is 4.79 Å². The SMILES string of the molecule is COC(C)(CNC(=O)COc1cccc2c1OC(C)(C)C2)c1cccc(Cl)c1. The number of carbonyl (C=O) groups is 1. The molecule has 0 aromatic heterocycles. The first-order valence-corrected chi connectivity index (χ1v) is 9.62. The summed E-state index contributed by atoms with van der Waals surface area (Å²) in [6.07, 6.45) is 0.817. The van der Waals surface area contributed by atoms with E-state index < -0.39 is 5.60 Å². The van der Waals surface area contributed by atoms with Crippen LogP contribution in [0.3, 0.4) is 0 Å². The summed E-state index contributed by atoms with van der Waals surface area (Å²) in [6.45, 7) is 6.16. The third-order valence-corrected chi connectivity index (χ3v) is 5.16. The molecule has 28 heavy (non-hydrogen) atoms. The Morgan fingerprint density at radius 2 is 2.04 bits per heavy atom. The molecule has 1 N–H and O–H groups in total. The second kappa shape index (κ2) is 8.02. The summed E-state index contributed by atoms with van der Waals surface area (Å²) in [7, 11) is 1.61. The second-order valence-electron chi connectivity index (χ2n) is 7.79. The van der Waals surface area contributed by atoms with Gasteiger partial charge in [0.25, 0.3) is 5.91 Å². The van der Waals surface area contributed by atoms with Gasteiger partial charge in [0, 0.05) is 24.1 Å². The summed E-state index contributed by atoms with van der Waals surface area (Å²) in [6, 6.07) is 13.2. The molecule has 1 unspecified atom stereocenters. The summed E-state index contributed by atoms with van der Waals surface area (Å²) in [5, 5.41) is 3.50. The van der Waals surface area contributed by atoms with Gasteiger partial charge in [-0.05, 0) is 44.5 Å². The highest BCUT2D eigenvalue weighted by atomic mass is 35.5. The van der Waals surface area contributed by atoms with Crippen LogP contribution in [0.15, 0.2) is 42.5 Å². The van der Waals surface area contributed by atoms with Crippen molar-refractivity contribution in [3.63, 3.8) is 0 Å². The minimum atomic E-state index is -0.693. The van der Waals surface area contributed by atoms with E-state index in [2.05, 4.69) is 5.32 Å². The molecule has 1 aliphatic heterocycles. The number of para-hydroxylation sites is 1.